The average Bonchev–Trinajstić information content (AvgIpc) is 3.06. The number of rotatable bonds is 7. The van der Waals surface area contributed by atoms with Gasteiger partial charge in [-0.15, -0.1) is 0 Å². The third kappa shape index (κ3) is 4.48. The van der Waals surface area contributed by atoms with Crippen LogP contribution in [0.3, 0.4) is 0 Å². The third-order valence-corrected chi connectivity index (χ3v) is 6.29. The molecule has 1 aromatic carbocycles. The summed E-state index contributed by atoms with van der Waals surface area (Å²) < 4.78 is 30.9. The summed E-state index contributed by atoms with van der Waals surface area (Å²) in [5, 5.41) is 2.79. The predicted octanol–water partition coefficient (Wildman–Crippen LogP) is 2.85. The number of sulfonamides is 1. The summed E-state index contributed by atoms with van der Waals surface area (Å²) in [7, 11) is 0.874. The Morgan fingerprint density at radius 1 is 1.29 bits per heavy atom. The number of nitrogens with one attached hydrogen (secondary N) is 1. The molecule has 1 aromatic rings. The molecule has 7 heteroatoms. The molecule has 24 heavy (non-hydrogen) atoms. The maximum Gasteiger partial charge on any atom is 0.242 e. The topological polar surface area (TPSA) is 75.7 Å². The van der Waals surface area contributed by atoms with E-state index in [4.69, 9.17) is 4.74 Å². The fourth-order valence-electron chi connectivity index (χ4n) is 3.00. The van der Waals surface area contributed by atoms with Crippen molar-refractivity contribution in [2.45, 2.75) is 43.4 Å². The van der Waals surface area contributed by atoms with Crippen molar-refractivity contribution in [1.82, 2.24) is 4.31 Å². The van der Waals surface area contributed by atoms with E-state index in [0.29, 0.717) is 23.8 Å². The maximum atomic E-state index is 12.2. The minimum atomic E-state index is -3.56. The number of anilines is 1. The van der Waals surface area contributed by atoms with E-state index < -0.39 is 10.0 Å². The van der Waals surface area contributed by atoms with Gasteiger partial charge in [0, 0.05) is 20.5 Å². The van der Waals surface area contributed by atoms with Crippen molar-refractivity contribution in [2.75, 3.05) is 26.5 Å². The van der Waals surface area contributed by atoms with Gasteiger partial charge in [-0.3, -0.25) is 4.79 Å². The van der Waals surface area contributed by atoms with Gasteiger partial charge >= 0.3 is 0 Å². The molecule has 0 radical (unpaired) electrons. The number of carbonyl (C=O) groups is 1. The lowest BCUT2D eigenvalue weighted by atomic mass is 10.0. The third-order valence-electron chi connectivity index (χ3n) is 4.48. The highest BCUT2D eigenvalue weighted by atomic mass is 32.2. The van der Waals surface area contributed by atoms with Crippen molar-refractivity contribution >= 4 is 21.6 Å². The smallest absolute Gasteiger partial charge is 0.242 e. The van der Waals surface area contributed by atoms with E-state index >= 15 is 0 Å². The van der Waals surface area contributed by atoms with Crippen LogP contribution in [-0.4, -0.2) is 39.8 Å². The molecular formula is C17H26N2O4S. The molecule has 0 heterocycles. The van der Waals surface area contributed by atoms with Gasteiger partial charge in [-0.1, -0.05) is 25.7 Å². The Bertz CT molecular complexity index is 680. The zero-order chi connectivity index (χ0) is 17.7. The van der Waals surface area contributed by atoms with Crippen LogP contribution in [0.25, 0.3) is 0 Å². The SMILES string of the molecule is COc1ccc(S(=O)(=O)N(C)C)cc1NC(=O)CCC1CCCC1. The van der Waals surface area contributed by atoms with Crippen LogP contribution in [0.1, 0.15) is 38.5 Å². The van der Waals surface area contributed by atoms with E-state index in [1.165, 1.54) is 59.0 Å². The molecule has 6 nitrogen and oxygen atoms in total. The highest BCUT2D eigenvalue weighted by Crippen LogP contribution is 2.30. The second-order valence-corrected chi connectivity index (χ2v) is 8.54. The highest BCUT2D eigenvalue weighted by Gasteiger charge is 2.20. The molecule has 1 saturated carbocycles. The first-order valence-electron chi connectivity index (χ1n) is 8.25. The Hall–Kier alpha value is -1.60. The zero-order valence-electron chi connectivity index (χ0n) is 14.5. The van der Waals surface area contributed by atoms with Crippen LogP contribution >= 0.6 is 0 Å². The van der Waals surface area contributed by atoms with E-state index in [1.807, 2.05) is 0 Å². The average molecular weight is 354 g/mol. The molecule has 0 atom stereocenters. The molecule has 0 spiro atoms. The van der Waals surface area contributed by atoms with E-state index in [0.717, 1.165) is 10.7 Å². The lowest BCUT2D eigenvalue weighted by molar-refractivity contribution is -0.116. The number of hydrogen-bond donors (Lipinski definition) is 1. The molecule has 1 amide bonds. The molecule has 0 unspecified atom stereocenters. The number of ether oxygens (including phenoxy) is 1. The van der Waals surface area contributed by atoms with Gasteiger partial charge in [0.1, 0.15) is 5.75 Å². The number of amides is 1. The van der Waals surface area contributed by atoms with Crippen molar-refractivity contribution in [1.29, 1.82) is 0 Å². The number of benzene rings is 1. The second kappa shape index (κ2) is 7.98. The molecule has 0 aromatic heterocycles. The van der Waals surface area contributed by atoms with Gasteiger partial charge in [-0.2, -0.15) is 0 Å². The van der Waals surface area contributed by atoms with E-state index in [1.54, 1.807) is 6.07 Å². The number of carbonyl (C=O) groups excluding carboxylic acids is 1. The largest absolute Gasteiger partial charge is 0.495 e. The van der Waals surface area contributed by atoms with E-state index in [-0.39, 0.29) is 10.8 Å². The van der Waals surface area contributed by atoms with Crippen LogP contribution in [0, 0.1) is 5.92 Å². The molecule has 1 aliphatic carbocycles. The van der Waals surface area contributed by atoms with Gasteiger partial charge in [0.25, 0.3) is 0 Å². The summed E-state index contributed by atoms with van der Waals surface area (Å²) in [4.78, 5) is 12.3. The zero-order valence-corrected chi connectivity index (χ0v) is 15.4. The molecule has 1 aliphatic rings. The fourth-order valence-corrected chi connectivity index (χ4v) is 3.93. The second-order valence-electron chi connectivity index (χ2n) is 6.39. The van der Waals surface area contributed by atoms with Crippen LogP contribution < -0.4 is 10.1 Å². The number of methoxy groups -OCH3 is 1. The van der Waals surface area contributed by atoms with Crippen LogP contribution in [0.5, 0.6) is 5.75 Å². The lowest BCUT2D eigenvalue weighted by Crippen LogP contribution is -2.22. The standard InChI is InChI=1S/C17H26N2O4S/c1-19(2)24(21,22)14-9-10-16(23-3)15(12-14)18-17(20)11-8-13-6-4-5-7-13/h9-10,12-13H,4-8,11H2,1-3H3,(H,18,20). The van der Waals surface area contributed by atoms with Crippen molar-refractivity contribution in [2.24, 2.45) is 5.92 Å². The molecule has 0 saturated heterocycles. The van der Waals surface area contributed by atoms with Crippen molar-refractivity contribution in [3.8, 4) is 5.75 Å². The normalized spacial score (nSPS) is 15.7. The molecule has 134 valence electrons. The predicted molar refractivity (Wildman–Crippen MR) is 93.7 cm³/mol. The van der Waals surface area contributed by atoms with Gasteiger partial charge in [0.2, 0.25) is 15.9 Å². The maximum absolute atomic E-state index is 12.2. The number of nitrogens with zero attached hydrogens (tertiary/aromatic N) is 1. The summed E-state index contributed by atoms with van der Waals surface area (Å²) >= 11 is 0. The Morgan fingerprint density at radius 2 is 1.96 bits per heavy atom. The Kier molecular flexibility index (Phi) is 6.23. The molecular weight excluding hydrogens is 328 g/mol. The first-order valence-corrected chi connectivity index (χ1v) is 9.69. The molecule has 0 bridgehead atoms. The van der Waals surface area contributed by atoms with Gasteiger partial charge in [-0.05, 0) is 30.5 Å². The molecule has 1 fully saturated rings. The summed E-state index contributed by atoms with van der Waals surface area (Å²) in [6.45, 7) is 0. The summed E-state index contributed by atoms with van der Waals surface area (Å²) in [5.41, 5.74) is 0.386. The summed E-state index contributed by atoms with van der Waals surface area (Å²) in [5.74, 6) is 0.972. The van der Waals surface area contributed by atoms with Crippen LogP contribution in [-0.2, 0) is 14.8 Å². The molecule has 1 N–H and O–H groups in total. The quantitative estimate of drug-likeness (QED) is 0.817. The van der Waals surface area contributed by atoms with Crippen LogP contribution in [0.4, 0.5) is 5.69 Å². The van der Waals surface area contributed by atoms with Gasteiger partial charge < -0.3 is 10.1 Å². The van der Waals surface area contributed by atoms with Crippen molar-refractivity contribution in [3.05, 3.63) is 18.2 Å². The first-order chi connectivity index (χ1) is 11.3. The van der Waals surface area contributed by atoms with Crippen LogP contribution in [0.15, 0.2) is 23.1 Å². The first kappa shape index (κ1) is 18.7. The van der Waals surface area contributed by atoms with E-state index in [9.17, 15) is 13.2 Å². The lowest BCUT2D eigenvalue weighted by Gasteiger charge is -2.15. The van der Waals surface area contributed by atoms with E-state index in [2.05, 4.69) is 5.32 Å². The summed E-state index contributed by atoms with van der Waals surface area (Å²) in [6, 6.07) is 4.48. The minimum absolute atomic E-state index is 0.111. The van der Waals surface area contributed by atoms with Gasteiger partial charge in [0.05, 0.1) is 17.7 Å². The fraction of sp³-hybridized carbons (Fsp3) is 0.588. The Balaban J connectivity index is 2.11. The molecule has 2 rings (SSSR count). The van der Waals surface area contributed by atoms with Crippen molar-refractivity contribution in [3.63, 3.8) is 0 Å². The highest BCUT2D eigenvalue weighted by molar-refractivity contribution is 7.89. The van der Waals surface area contributed by atoms with Crippen molar-refractivity contribution < 1.29 is 17.9 Å². The van der Waals surface area contributed by atoms with Gasteiger partial charge in [0.15, 0.2) is 0 Å². The summed E-state index contributed by atoms with van der Waals surface area (Å²) in [6.07, 6.45) is 6.23. The molecule has 0 aliphatic heterocycles. The number of hydrogen-bond acceptors (Lipinski definition) is 4. The Labute approximate surface area is 144 Å². The van der Waals surface area contributed by atoms with Crippen LogP contribution in [0.2, 0.25) is 0 Å². The van der Waals surface area contributed by atoms with Gasteiger partial charge in [-0.25, -0.2) is 12.7 Å². The minimum Gasteiger partial charge on any atom is -0.495 e. The monoisotopic (exact) mass is 354 g/mol. The Morgan fingerprint density at radius 3 is 2.54 bits per heavy atom.